The Morgan fingerprint density at radius 1 is 1.27 bits per heavy atom. The van der Waals surface area contributed by atoms with Crippen molar-refractivity contribution < 1.29 is 33.3 Å². The Morgan fingerprint density at radius 3 is 2.65 bits per heavy atom. The van der Waals surface area contributed by atoms with Gasteiger partial charge in [-0.05, 0) is 77.1 Å². The van der Waals surface area contributed by atoms with Gasteiger partial charge in [-0.25, -0.2) is 14.2 Å². The van der Waals surface area contributed by atoms with Gasteiger partial charge < -0.3 is 29.2 Å². The van der Waals surface area contributed by atoms with E-state index in [9.17, 15) is 14.7 Å². The number of fused-ring (bicyclic) bond motifs is 2. The molecule has 3 aromatic rings. The number of ether oxygens (including phenoxy) is 3. The number of nitrogens with one attached hydrogen (secondary N) is 1. The van der Waals surface area contributed by atoms with Crippen LogP contribution >= 0.6 is 0 Å². The first-order valence-electron chi connectivity index (χ1n) is 13.5. The first-order valence-corrected chi connectivity index (χ1v) is 13.5. The zero-order valence-corrected chi connectivity index (χ0v) is 24.2. The van der Waals surface area contributed by atoms with E-state index in [1.807, 2.05) is 6.92 Å². The van der Waals surface area contributed by atoms with Gasteiger partial charge in [-0.1, -0.05) is 0 Å². The van der Waals surface area contributed by atoms with E-state index in [0.29, 0.717) is 71.7 Å². The monoisotopic (exact) mass is 555 g/mol. The molecule has 2 aromatic heterocycles. The van der Waals surface area contributed by atoms with Crippen LogP contribution in [0.4, 0.5) is 4.39 Å². The molecular weight excluding hydrogens is 517 g/mol. The predicted octanol–water partition coefficient (Wildman–Crippen LogP) is 5.03. The van der Waals surface area contributed by atoms with Crippen LogP contribution in [0.2, 0.25) is 0 Å². The first kappa shape index (κ1) is 29.5. The highest BCUT2D eigenvalue weighted by Gasteiger charge is 2.34. The van der Waals surface area contributed by atoms with Gasteiger partial charge in [0.1, 0.15) is 11.3 Å². The second-order valence-corrected chi connectivity index (χ2v) is 11.2. The number of aromatic nitrogens is 2. The summed E-state index contributed by atoms with van der Waals surface area (Å²) in [5.41, 5.74) is 3.33. The van der Waals surface area contributed by atoms with Crippen molar-refractivity contribution >= 4 is 22.9 Å². The van der Waals surface area contributed by atoms with E-state index >= 15 is 4.39 Å². The highest BCUT2D eigenvalue weighted by molar-refractivity contribution is 6.04. The minimum absolute atomic E-state index is 0.237. The fourth-order valence-corrected chi connectivity index (χ4v) is 5.30. The molecule has 0 radical (unpaired) electrons. The van der Waals surface area contributed by atoms with Crippen molar-refractivity contribution in [1.82, 2.24) is 14.9 Å². The van der Waals surface area contributed by atoms with E-state index in [4.69, 9.17) is 19.2 Å². The van der Waals surface area contributed by atoms with E-state index in [-0.39, 0.29) is 11.7 Å². The number of benzene rings is 1. The van der Waals surface area contributed by atoms with Crippen molar-refractivity contribution in [3.05, 3.63) is 46.0 Å². The van der Waals surface area contributed by atoms with Crippen LogP contribution in [0.1, 0.15) is 72.6 Å². The van der Waals surface area contributed by atoms with Crippen LogP contribution in [0.5, 0.6) is 5.75 Å². The van der Waals surface area contributed by atoms with Gasteiger partial charge in [-0.15, -0.1) is 0 Å². The summed E-state index contributed by atoms with van der Waals surface area (Å²) in [6.45, 7) is 10.3. The van der Waals surface area contributed by atoms with Crippen LogP contribution in [0, 0.1) is 19.7 Å². The molecule has 0 bridgehead atoms. The van der Waals surface area contributed by atoms with Crippen LogP contribution in [-0.2, 0) is 27.7 Å². The minimum atomic E-state index is -1.38. The van der Waals surface area contributed by atoms with E-state index in [2.05, 4.69) is 5.32 Å². The van der Waals surface area contributed by atoms with Gasteiger partial charge in [-0.3, -0.25) is 4.79 Å². The molecule has 2 N–H and O–H groups in total. The number of hydrogen-bond acceptors (Lipinski definition) is 6. The largest absolute Gasteiger partial charge is 0.490 e. The standard InChI is InChI=1S/C30H38FN3O6/c1-16-18-10-8-13-39-25(18)21(31)14-19(16)24-20-15-22(28(35)32-11-9-12-38-7)34(6)27(20)33-17(2)23(24)26(29(36)37)40-30(3,4)5/h14-15,26H,8-13H2,1-7H3,(H,32,35)(H,36,37)/t26-/m0/s1. The molecule has 4 rings (SSSR count). The molecule has 216 valence electrons. The number of amides is 1. The van der Waals surface area contributed by atoms with Gasteiger partial charge in [0.2, 0.25) is 0 Å². The summed E-state index contributed by atoms with van der Waals surface area (Å²) in [5.74, 6) is -1.77. The predicted molar refractivity (Wildman–Crippen MR) is 149 cm³/mol. The molecule has 0 fully saturated rings. The number of nitrogens with zero attached hydrogens (tertiary/aromatic N) is 2. The van der Waals surface area contributed by atoms with Crippen molar-refractivity contribution in [2.45, 2.75) is 65.6 Å². The Morgan fingerprint density at radius 2 is 2.00 bits per heavy atom. The quantitative estimate of drug-likeness (QED) is 0.356. The molecule has 0 spiro atoms. The zero-order valence-electron chi connectivity index (χ0n) is 24.2. The normalized spacial score (nSPS) is 14.1. The number of aryl methyl sites for hydroxylation is 2. The van der Waals surface area contributed by atoms with Crippen LogP contribution in [-0.4, -0.2) is 59.0 Å². The highest BCUT2D eigenvalue weighted by atomic mass is 19.1. The molecule has 1 amide bonds. The topological polar surface area (TPSA) is 112 Å². The van der Waals surface area contributed by atoms with Crippen LogP contribution in [0.15, 0.2) is 12.1 Å². The molecule has 10 heteroatoms. The summed E-state index contributed by atoms with van der Waals surface area (Å²) in [6, 6.07) is 3.08. The lowest BCUT2D eigenvalue weighted by atomic mass is 9.86. The van der Waals surface area contributed by atoms with Crippen LogP contribution < -0.4 is 10.1 Å². The molecule has 0 unspecified atom stereocenters. The number of carboxylic acid groups (broad SMARTS) is 1. The third kappa shape index (κ3) is 5.69. The average molecular weight is 556 g/mol. The third-order valence-corrected chi connectivity index (χ3v) is 7.11. The number of carbonyl (C=O) groups is 2. The van der Waals surface area contributed by atoms with Crippen molar-refractivity contribution in [3.8, 4) is 16.9 Å². The fraction of sp³-hybridized carbons (Fsp3) is 0.500. The van der Waals surface area contributed by atoms with Gasteiger partial charge in [0, 0.05) is 55.1 Å². The molecule has 0 aliphatic carbocycles. The van der Waals surface area contributed by atoms with Crippen LogP contribution in [0.25, 0.3) is 22.2 Å². The van der Waals surface area contributed by atoms with Crippen molar-refractivity contribution in [2.24, 2.45) is 7.05 Å². The summed E-state index contributed by atoms with van der Waals surface area (Å²) in [7, 11) is 3.33. The SMILES string of the molecule is COCCCNC(=O)c1cc2c(-c3cc(F)c4c(c3C)CCCO4)c([C@H](OC(C)(C)C)C(=O)O)c(C)nc2n1C. The molecule has 1 atom stereocenters. The zero-order chi connectivity index (χ0) is 29.4. The second-order valence-electron chi connectivity index (χ2n) is 11.2. The minimum Gasteiger partial charge on any atom is -0.490 e. The van der Waals surface area contributed by atoms with Gasteiger partial charge in [0.05, 0.1) is 12.2 Å². The van der Waals surface area contributed by atoms with Gasteiger partial charge >= 0.3 is 5.97 Å². The smallest absolute Gasteiger partial charge is 0.337 e. The number of methoxy groups -OCH3 is 1. The fourth-order valence-electron chi connectivity index (χ4n) is 5.30. The Kier molecular flexibility index (Phi) is 8.51. The van der Waals surface area contributed by atoms with Gasteiger partial charge in [0.25, 0.3) is 5.91 Å². The summed E-state index contributed by atoms with van der Waals surface area (Å²) >= 11 is 0. The number of halogens is 1. The number of pyridine rings is 1. The molecule has 1 aromatic carbocycles. The maximum atomic E-state index is 15.5. The molecule has 3 heterocycles. The lowest BCUT2D eigenvalue weighted by Gasteiger charge is -2.29. The molecule has 9 nitrogen and oxygen atoms in total. The average Bonchev–Trinajstić information content (AvgIpc) is 3.22. The number of aliphatic carboxylic acids is 1. The summed E-state index contributed by atoms with van der Waals surface area (Å²) in [6.07, 6.45) is 0.657. The van der Waals surface area contributed by atoms with Crippen molar-refractivity contribution in [2.75, 3.05) is 26.9 Å². The molecule has 0 saturated heterocycles. The molecule has 1 aliphatic heterocycles. The van der Waals surface area contributed by atoms with Gasteiger partial charge in [-0.2, -0.15) is 0 Å². The molecule has 1 aliphatic rings. The summed E-state index contributed by atoms with van der Waals surface area (Å²) in [4.78, 5) is 30.6. The molecular formula is C30H38FN3O6. The van der Waals surface area contributed by atoms with E-state index < -0.39 is 23.5 Å². The highest BCUT2D eigenvalue weighted by Crippen LogP contribution is 2.44. The van der Waals surface area contributed by atoms with E-state index in [0.717, 1.165) is 17.5 Å². The number of rotatable bonds is 9. The Hall–Kier alpha value is -3.50. The van der Waals surface area contributed by atoms with E-state index in [1.165, 1.54) is 6.07 Å². The molecule has 0 saturated carbocycles. The maximum absolute atomic E-state index is 15.5. The van der Waals surface area contributed by atoms with Gasteiger partial charge in [0.15, 0.2) is 17.7 Å². The summed E-state index contributed by atoms with van der Waals surface area (Å²) in [5, 5.41) is 13.8. The van der Waals surface area contributed by atoms with Crippen molar-refractivity contribution in [3.63, 3.8) is 0 Å². The maximum Gasteiger partial charge on any atom is 0.337 e. The number of carboxylic acids is 1. The lowest BCUT2D eigenvalue weighted by molar-refractivity contribution is -0.160. The third-order valence-electron chi connectivity index (χ3n) is 7.11. The number of carbonyl (C=O) groups excluding carboxylic acids is 1. The Balaban J connectivity index is 2.03. The molecule has 40 heavy (non-hydrogen) atoms. The first-order chi connectivity index (χ1) is 18.9. The number of hydrogen-bond donors (Lipinski definition) is 2. The second kappa shape index (κ2) is 11.5. The summed E-state index contributed by atoms with van der Waals surface area (Å²) < 4.78 is 34.0. The van der Waals surface area contributed by atoms with Crippen molar-refractivity contribution in [1.29, 1.82) is 0 Å². The van der Waals surface area contributed by atoms with E-state index in [1.54, 1.807) is 52.5 Å². The Labute approximate surface area is 233 Å². The lowest BCUT2D eigenvalue weighted by Crippen LogP contribution is -2.28. The Bertz CT molecular complexity index is 1460. The van der Waals surface area contributed by atoms with Crippen LogP contribution in [0.3, 0.4) is 0 Å².